The molecule has 1 unspecified atom stereocenters. The third kappa shape index (κ3) is 2.04. The smallest absolute Gasteiger partial charge is 0.147 e. The Morgan fingerprint density at radius 3 is 2.69 bits per heavy atom. The third-order valence-electron chi connectivity index (χ3n) is 2.18. The summed E-state index contributed by atoms with van der Waals surface area (Å²) in [7, 11) is 0. The molecule has 2 rings (SSSR count). The maximum absolute atomic E-state index is 13.3. The van der Waals surface area contributed by atoms with Crippen LogP contribution in [-0.4, -0.2) is 20.1 Å². The van der Waals surface area contributed by atoms with Crippen molar-refractivity contribution in [3.8, 4) is 0 Å². The van der Waals surface area contributed by atoms with Gasteiger partial charge in [0.2, 0.25) is 0 Å². The molecule has 0 spiro atoms. The van der Waals surface area contributed by atoms with Crippen molar-refractivity contribution in [1.29, 1.82) is 0 Å². The van der Waals surface area contributed by atoms with Crippen molar-refractivity contribution in [1.82, 2.24) is 15.0 Å². The molecule has 0 aromatic carbocycles. The molecule has 2 heterocycles. The molecule has 0 saturated heterocycles. The molecule has 2 aromatic rings. The van der Waals surface area contributed by atoms with E-state index in [4.69, 9.17) is 0 Å². The van der Waals surface area contributed by atoms with E-state index in [1.165, 1.54) is 24.7 Å². The van der Waals surface area contributed by atoms with Crippen LogP contribution in [-0.2, 0) is 0 Å². The molecule has 0 aliphatic rings. The zero-order valence-electron chi connectivity index (χ0n) is 8.63. The number of hydrogen-bond donors (Lipinski definition) is 1. The second kappa shape index (κ2) is 4.32. The first-order valence-electron chi connectivity index (χ1n) is 4.74. The fourth-order valence-corrected chi connectivity index (χ4v) is 1.31. The van der Waals surface area contributed by atoms with Gasteiger partial charge in [-0.3, -0.25) is 15.0 Å². The highest BCUT2D eigenvalue weighted by atomic mass is 19.1. The Kier molecular flexibility index (Phi) is 2.87. The lowest BCUT2D eigenvalue weighted by molar-refractivity contribution is 0.209. The average Bonchev–Trinajstić information content (AvgIpc) is 2.30. The van der Waals surface area contributed by atoms with E-state index in [-0.39, 0.29) is 5.56 Å². The van der Waals surface area contributed by atoms with E-state index in [9.17, 15) is 9.50 Å². The lowest BCUT2D eigenvalue weighted by Gasteiger charge is -2.10. The van der Waals surface area contributed by atoms with Crippen LogP contribution in [0.4, 0.5) is 4.39 Å². The van der Waals surface area contributed by atoms with E-state index < -0.39 is 11.9 Å². The molecule has 0 amide bonds. The minimum Gasteiger partial charge on any atom is -0.382 e. The number of pyridine rings is 1. The minimum atomic E-state index is -1.11. The number of hydrogen-bond acceptors (Lipinski definition) is 4. The standard InChI is InChI=1S/C11H10FN3O/c1-7-4-15-10(6-14-7)11(16)8-2-3-13-5-9(8)12/h2-6,11,16H,1H3. The minimum absolute atomic E-state index is 0.146. The van der Waals surface area contributed by atoms with E-state index >= 15 is 0 Å². The second-order valence-corrected chi connectivity index (χ2v) is 3.38. The summed E-state index contributed by atoms with van der Waals surface area (Å²) in [5.41, 5.74) is 1.20. The van der Waals surface area contributed by atoms with Gasteiger partial charge in [-0.05, 0) is 13.0 Å². The number of aryl methyl sites for hydroxylation is 1. The highest BCUT2D eigenvalue weighted by Gasteiger charge is 2.16. The van der Waals surface area contributed by atoms with Crippen LogP contribution in [0.2, 0.25) is 0 Å². The molecule has 0 bridgehead atoms. The van der Waals surface area contributed by atoms with Crippen LogP contribution < -0.4 is 0 Å². The maximum Gasteiger partial charge on any atom is 0.147 e. The highest BCUT2D eigenvalue weighted by molar-refractivity contribution is 5.23. The van der Waals surface area contributed by atoms with Crippen LogP contribution in [0.3, 0.4) is 0 Å². The predicted octanol–water partition coefficient (Wildman–Crippen LogP) is 1.40. The molecule has 0 aliphatic carbocycles. The Balaban J connectivity index is 2.35. The van der Waals surface area contributed by atoms with Gasteiger partial charge in [-0.2, -0.15) is 0 Å². The second-order valence-electron chi connectivity index (χ2n) is 3.38. The van der Waals surface area contributed by atoms with E-state index in [1.807, 2.05) is 0 Å². The number of nitrogens with zero attached hydrogens (tertiary/aromatic N) is 3. The Morgan fingerprint density at radius 1 is 1.25 bits per heavy atom. The Labute approximate surface area is 91.8 Å². The Bertz CT molecular complexity index is 487. The van der Waals surface area contributed by atoms with Crippen LogP contribution in [0.5, 0.6) is 0 Å². The van der Waals surface area contributed by atoms with Gasteiger partial charge in [0.05, 0.1) is 23.8 Å². The van der Waals surface area contributed by atoms with Gasteiger partial charge in [0.15, 0.2) is 0 Å². The van der Waals surface area contributed by atoms with Crippen molar-refractivity contribution < 1.29 is 9.50 Å². The summed E-state index contributed by atoms with van der Waals surface area (Å²) >= 11 is 0. The maximum atomic E-state index is 13.3. The van der Waals surface area contributed by atoms with Crippen molar-refractivity contribution in [2.75, 3.05) is 0 Å². The largest absolute Gasteiger partial charge is 0.382 e. The molecular formula is C11H10FN3O. The molecule has 16 heavy (non-hydrogen) atoms. The van der Waals surface area contributed by atoms with Crippen molar-refractivity contribution >= 4 is 0 Å². The van der Waals surface area contributed by atoms with Crippen LogP contribution >= 0.6 is 0 Å². The topological polar surface area (TPSA) is 58.9 Å². The van der Waals surface area contributed by atoms with Gasteiger partial charge in [-0.25, -0.2) is 4.39 Å². The zero-order valence-corrected chi connectivity index (χ0v) is 8.63. The van der Waals surface area contributed by atoms with Gasteiger partial charge in [-0.1, -0.05) is 0 Å². The Hall–Kier alpha value is -1.88. The summed E-state index contributed by atoms with van der Waals surface area (Å²) in [6, 6.07) is 1.42. The van der Waals surface area contributed by atoms with Gasteiger partial charge in [0.1, 0.15) is 11.9 Å². The van der Waals surface area contributed by atoms with Crippen LogP contribution in [0, 0.1) is 12.7 Å². The van der Waals surface area contributed by atoms with Gasteiger partial charge < -0.3 is 5.11 Å². The summed E-state index contributed by atoms with van der Waals surface area (Å²) in [6.45, 7) is 1.79. The third-order valence-corrected chi connectivity index (χ3v) is 2.18. The monoisotopic (exact) mass is 219 g/mol. The van der Waals surface area contributed by atoms with Crippen molar-refractivity contribution in [3.05, 3.63) is 53.6 Å². The van der Waals surface area contributed by atoms with Crippen molar-refractivity contribution in [3.63, 3.8) is 0 Å². The molecule has 5 heteroatoms. The molecule has 0 fully saturated rings. The summed E-state index contributed by atoms with van der Waals surface area (Å²) < 4.78 is 13.3. The normalized spacial score (nSPS) is 12.4. The summed E-state index contributed by atoms with van der Waals surface area (Å²) in [5, 5.41) is 9.89. The molecule has 2 aromatic heterocycles. The predicted molar refractivity (Wildman–Crippen MR) is 55.0 cm³/mol. The molecule has 4 nitrogen and oxygen atoms in total. The van der Waals surface area contributed by atoms with Crippen LogP contribution in [0.15, 0.2) is 30.9 Å². The van der Waals surface area contributed by atoms with Crippen molar-refractivity contribution in [2.45, 2.75) is 13.0 Å². The van der Waals surface area contributed by atoms with E-state index in [2.05, 4.69) is 15.0 Å². The van der Waals surface area contributed by atoms with Gasteiger partial charge in [-0.15, -0.1) is 0 Å². The van der Waals surface area contributed by atoms with Crippen LogP contribution in [0.1, 0.15) is 23.1 Å². The zero-order chi connectivity index (χ0) is 11.5. The van der Waals surface area contributed by atoms with Gasteiger partial charge >= 0.3 is 0 Å². The average molecular weight is 219 g/mol. The number of halogens is 1. The number of aromatic nitrogens is 3. The fraction of sp³-hybridized carbons (Fsp3) is 0.182. The Morgan fingerprint density at radius 2 is 2.06 bits per heavy atom. The molecule has 0 saturated carbocycles. The lowest BCUT2D eigenvalue weighted by Crippen LogP contribution is -2.05. The van der Waals surface area contributed by atoms with Gasteiger partial charge in [0.25, 0.3) is 0 Å². The number of aliphatic hydroxyl groups is 1. The first kappa shape index (κ1) is 10.6. The highest BCUT2D eigenvalue weighted by Crippen LogP contribution is 2.21. The number of rotatable bonds is 2. The molecule has 82 valence electrons. The summed E-state index contributed by atoms with van der Waals surface area (Å²) in [4.78, 5) is 11.6. The fourth-order valence-electron chi connectivity index (χ4n) is 1.31. The summed E-state index contributed by atoms with van der Waals surface area (Å²) in [5.74, 6) is -0.558. The van der Waals surface area contributed by atoms with E-state index in [1.54, 1.807) is 6.92 Å². The molecule has 1 atom stereocenters. The molecule has 1 N–H and O–H groups in total. The van der Waals surface area contributed by atoms with E-state index in [0.717, 1.165) is 11.9 Å². The van der Waals surface area contributed by atoms with E-state index in [0.29, 0.717) is 5.69 Å². The SMILES string of the molecule is Cc1cnc(C(O)c2ccncc2F)cn1. The lowest BCUT2D eigenvalue weighted by atomic mass is 10.1. The van der Waals surface area contributed by atoms with Gasteiger partial charge in [0, 0.05) is 18.0 Å². The van der Waals surface area contributed by atoms with Crippen LogP contribution in [0.25, 0.3) is 0 Å². The van der Waals surface area contributed by atoms with Crippen molar-refractivity contribution in [2.24, 2.45) is 0 Å². The number of aliphatic hydroxyl groups excluding tert-OH is 1. The molecular weight excluding hydrogens is 209 g/mol. The quantitative estimate of drug-likeness (QED) is 0.829. The first-order valence-corrected chi connectivity index (χ1v) is 4.74. The summed E-state index contributed by atoms with van der Waals surface area (Å²) in [6.07, 6.45) is 4.32. The molecule has 0 radical (unpaired) electrons. The first-order chi connectivity index (χ1) is 7.68. The molecule has 0 aliphatic heterocycles.